The number of aliphatic hydroxyl groups is 3. The summed E-state index contributed by atoms with van der Waals surface area (Å²) >= 11 is 1.59. The number of amides is 1. The normalized spacial score (nSPS) is 32.2. The maximum absolute atomic E-state index is 13.5. The molecule has 1 aromatic carbocycles. The fourth-order valence-corrected chi connectivity index (χ4v) is 6.48. The predicted molar refractivity (Wildman–Crippen MR) is 130 cm³/mol. The number of hydrogen-bond acceptors (Lipinski definition) is 9. The monoisotopic (exact) mass is 496 g/mol. The minimum Gasteiger partial charge on any atom is -0.508 e. The van der Waals surface area contributed by atoms with Gasteiger partial charge in [-0.05, 0) is 42.9 Å². The van der Waals surface area contributed by atoms with Gasteiger partial charge < -0.3 is 26.2 Å². The van der Waals surface area contributed by atoms with Crippen molar-refractivity contribution in [2.45, 2.75) is 43.1 Å². The predicted octanol–water partition coefficient (Wildman–Crippen LogP) is 1.97. The number of primary amides is 1. The highest BCUT2D eigenvalue weighted by atomic mass is 32.2. The van der Waals surface area contributed by atoms with Crippen molar-refractivity contribution in [1.82, 2.24) is 0 Å². The van der Waals surface area contributed by atoms with E-state index in [1.54, 1.807) is 23.4 Å². The minimum absolute atomic E-state index is 0.0858. The topological polar surface area (TPSA) is 171 Å². The van der Waals surface area contributed by atoms with Crippen LogP contribution in [0.2, 0.25) is 0 Å². The average Bonchev–Trinajstić information content (AvgIpc) is 3.20. The molecule has 0 aromatic heterocycles. The molecule has 1 saturated carbocycles. The first-order valence-electron chi connectivity index (χ1n) is 11.2. The second-order valence-corrected chi connectivity index (χ2v) is 10.4. The van der Waals surface area contributed by atoms with E-state index in [0.717, 1.165) is 5.56 Å². The van der Waals surface area contributed by atoms with Crippen LogP contribution < -0.4 is 5.73 Å². The van der Waals surface area contributed by atoms with E-state index < -0.39 is 52.0 Å². The third kappa shape index (κ3) is 3.35. The molecule has 5 rings (SSSR count). The SMILES string of the molecule is CC1N=CSC1/C=C/c1ccc(O)c2c1C[C@H]1C[C@H]3CC(=O)C(C(N)=O)=C(O)[C@@]3(O)C(=O)C1=C2O. The van der Waals surface area contributed by atoms with E-state index in [-0.39, 0.29) is 47.4 Å². The Balaban J connectivity index is 1.61. The summed E-state index contributed by atoms with van der Waals surface area (Å²) in [7, 11) is 0. The Morgan fingerprint density at radius 1 is 1.23 bits per heavy atom. The van der Waals surface area contributed by atoms with Gasteiger partial charge in [0.1, 0.15) is 22.8 Å². The van der Waals surface area contributed by atoms with Crippen molar-refractivity contribution in [2.75, 3.05) is 0 Å². The van der Waals surface area contributed by atoms with Gasteiger partial charge in [0.05, 0.1) is 22.4 Å². The second kappa shape index (κ2) is 8.10. The first-order valence-corrected chi connectivity index (χ1v) is 12.2. The zero-order chi connectivity index (χ0) is 25.2. The van der Waals surface area contributed by atoms with Gasteiger partial charge in [0.15, 0.2) is 11.4 Å². The van der Waals surface area contributed by atoms with Crippen LogP contribution in [0.25, 0.3) is 11.8 Å². The Morgan fingerprint density at radius 3 is 2.63 bits per heavy atom. The number of carbonyl (C=O) groups is 3. The lowest BCUT2D eigenvalue weighted by Crippen LogP contribution is -2.58. The lowest BCUT2D eigenvalue weighted by atomic mass is 9.59. The number of aliphatic imine (C=N–C) groups is 1. The number of phenols is 1. The number of nitrogens with two attached hydrogens (primary N) is 1. The van der Waals surface area contributed by atoms with Crippen LogP contribution in [0.5, 0.6) is 5.75 Å². The van der Waals surface area contributed by atoms with Gasteiger partial charge in [-0.15, -0.1) is 11.8 Å². The Bertz CT molecular complexity index is 1310. The average molecular weight is 497 g/mol. The fourth-order valence-electron chi connectivity index (χ4n) is 5.61. The van der Waals surface area contributed by atoms with Crippen molar-refractivity contribution in [3.8, 4) is 5.75 Å². The van der Waals surface area contributed by atoms with Gasteiger partial charge in [0.25, 0.3) is 5.91 Å². The number of ketones is 2. The van der Waals surface area contributed by atoms with Crippen molar-refractivity contribution in [1.29, 1.82) is 0 Å². The summed E-state index contributed by atoms with van der Waals surface area (Å²) in [6.07, 6.45) is 3.94. The zero-order valence-corrected chi connectivity index (χ0v) is 19.6. The summed E-state index contributed by atoms with van der Waals surface area (Å²) in [5.41, 5.74) is 4.99. The molecule has 0 radical (unpaired) electrons. The lowest BCUT2D eigenvalue weighted by Gasteiger charge is -2.46. The van der Waals surface area contributed by atoms with E-state index >= 15 is 0 Å². The summed E-state index contributed by atoms with van der Waals surface area (Å²) in [5.74, 6) is -6.32. The zero-order valence-electron chi connectivity index (χ0n) is 18.8. The van der Waals surface area contributed by atoms with Crippen LogP contribution in [-0.2, 0) is 20.8 Å². The highest BCUT2D eigenvalue weighted by Crippen LogP contribution is 2.52. The smallest absolute Gasteiger partial charge is 0.255 e. The molecule has 5 atom stereocenters. The fraction of sp³-hybridized carbons (Fsp3) is 0.360. The van der Waals surface area contributed by atoms with E-state index in [0.29, 0.717) is 5.56 Å². The molecule has 0 saturated heterocycles. The van der Waals surface area contributed by atoms with Crippen LogP contribution in [0, 0.1) is 11.8 Å². The van der Waals surface area contributed by atoms with Gasteiger partial charge in [-0.1, -0.05) is 18.2 Å². The van der Waals surface area contributed by atoms with E-state index in [1.165, 1.54) is 6.07 Å². The first-order chi connectivity index (χ1) is 16.6. The number of thioether (sulfide) groups is 1. The molecule has 182 valence electrons. The molecular weight excluding hydrogens is 472 g/mol. The Morgan fingerprint density at radius 2 is 1.97 bits per heavy atom. The molecule has 1 aromatic rings. The molecule has 3 aliphatic carbocycles. The van der Waals surface area contributed by atoms with Gasteiger partial charge >= 0.3 is 0 Å². The lowest BCUT2D eigenvalue weighted by molar-refractivity contribution is -0.147. The molecule has 4 aliphatic rings. The minimum atomic E-state index is -2.56. The number of rotatable bonds is 3. The molecule has 9 nitrogen and oxygen atoms in total. The summed E-state index contributed by atoms with van der Waals surface area (Å²) in [4.78, 5) is 42.0. The maximum Gasteiger partial charge on any atom is 0.255 e. The van der Waals surface area contributed by atoms with Crippen LogP contribution in [0.4, 0.5) is 0 Å². The quantitative estimate of drug-likeness (QED) is 0.395. The number of Topliss-reactive ketones (excluding diaryl/α,β-unsaturated/α-hetero) is 2. The Hall–Kier alpha value is -3.37. The largest absolute Gasteiger partial charge is 0.508 e. The van der Waals surface area contributed by atoms with Crippen molar-refractivity contribution in [2.24, 2.45) is 22.6 Å². The molecule has 1 aliphatic heterocycles. The van der Waals surface area contributed by atoms with Gasteiger partial charge in [-0.2, -0.15) is 0 Å². The highest BCUT2D eigenvalue weighted by molar-refractivity contribution is 8.13. The van der Waals surface area contributed by atoms with E-state index in [1.807, 2.05) is 19.1 Å². The summed E-state index contributed by atoms with van der Waals surface area (Å²) in [6, 6.07) is 3.27. The molecule has 0 spiro atoms. The summed E-state index contributed by atoms with van der Waals surface area (Å²) in [6.45, 7) is 2.01. The van der Waals surface area contributed by atoms with Crippen LogP contribution in [0.15, 0.2) is 40.1 Å². The van der Waals surface area contributed by atoms with Crippen LogP contribution in [0.1, 0.15) is 36.5 Å². The molecular formula is C25H24N2O7S. The van der Waals surface area contributed by atoms with Gasteiger partial charge in [0, 0.05) is 17.9 Å². The number of carbonyl (C=O) groups excluding carboxylic acids is 3. The number of fused-ring (bicyclic) bond motifs is 3. The number of hydrogen-bond donors (Lipinski definition) is 5. The van der Waals surface area contributed by atoms with Gasteiger partial charge in [-0.3, -0.25) is 19.4 Å². The van der Waals surface area contributed by atoms with Gasteiger partial charge in [0.2, 0.25) is 5.78 Å². The Labute approximate surface area is 204 Å². The van der Waals surface area contributed by atoms with Gasteiger partial charge in [-0.25, -0.2) is 0 Å². The second-order valence-electron chi connectivity index (χ2n) is 9.39. The third-order valence-electron chi connectivity index (χ3n) is 7.44. The van der Waals surface area contributed by atoms with E-state index in [9.17, 15) is 34.8 Å². The molecule has 0 bridgehead atoms. The van der Waals surface area contributed by atoms with Crippen molar-refractivity contribution in [3.63, 3.8) is 0 Å². The number of benzene rings is 1. The van der Waals surface area contributed by atoms with Crippen molar-refractivity contribution < 1.29 is 34.8 Å². The molecule has 1 amide bonds. The molecule has 2 unspecified atom stereocenters. The van der Waals surface area contributed by atoms with Crippen LogP contribution in [-0.4, -0.2) is 60.3 Å². The summed E-state index contributed by atoms with van der Waals surface area (Å²) < 4.78 is 0. The number of nitrogens with zero attached hydrogens (tertiary/aromatic N) is 1. The standard InChI is InChI=1S/C25H24N2O7S/c1-10-17(35-9-27-10)5-3-11-2-4-15(28)19-14(11)7-12-6-13-8-16(29)20(24(26)33)23(32)25(13,34)22(31)18(12)21(19)30/h2-5,9-10,12-13,17,28,30,32,34H,6-8H2,1H3,(H2,26,33)/b5-3+/t10?,12-,13+,17?,25+/m1/s1. The van der Waals surface area contributed by atoms with Crippen LogP contribution in [0.3, 0.4) is 0 Å². The first kappa shape index (κ1) is 23.4. The van der Waals surface area contributed by atoms with Crippen molar-refractivity contribution in [3.05, 3.63) is 51.8 Å². The van der Waals surface area contributed by atoms with Crippen LogP contribution >= 0.6 is 11.8 Å². The highest BCUT2D eigenvalue weighted by Gasteiger charge is 2.60. The Kier molecular flexibility index (Phi) is 5.41. The molecule has 10 heteroatoms. The molecule has 35 heavy (non-hydrogen) atoms. The number of aromatic hydroxyl groups is 1. The molecule has 6 N–H and O–H groups in total. The molecule has 1 fully saturated rings. The molecule has 1 heterocycles. The maximum atomic E-state index is 13.5. The van der Waals surface area contributed by atoms with E-state index in [2.05, 4.69) is 4.99 Å². The number of aliphatic hydroxyl groups excluding tert-OH is 2. The third-order valence-corrected chi connectivity index (χ3v) is 8.55. The summed E-state index contributed by atoms with van der Waals surface area (Å²) in [5, 5.41) is 43.8. The van der Waals surface area contributed by atoms with E-state index in [4.69, 9.17) is 5.73 Å². The van der Waals surface area contributed by atoms with Crippen molar-refractivity contribution >= 4 is 46.6 Å². The number of phenolic OH excluding ortho intramolecular Hbond substituents is 1.